The molecule has 5 nitrogen and oxygen atoms in total. The van der Waals surface area contributed by atoms with Gasteiger partial charge in [-0.3, -0.25) is 0 Å². The summed E-state index contributed by atoms with van der Waals surface area (Å²) < 4.78 is 49.5. The summed E-state index contributed by atoms with van der Waals surface area (Å²) in [7, 11) is 0. The molecule has 3 aromatic heterocycles. The van der Waals surface area contributed by atoms with Crippen LogP contribution in [0, 0.1) is 48.5 Å². The number of nitrogens with zero attached hydrogens (tertiary/aromatic N) is 5. The Morgan fingerprint density at radius 3 is 1.26 bits per heavy atom. The van der Waals surface area contributed by atoms with Crippen LogP contribution in [0.3, 0.4) is 0 Å². The van der Waals surface area contributed by atoms with Crippen LogP contribution in [0.5, 0.6) is 0 Å². The number of rotatable bonds is 7. The lowest BCUT2D eigenvalue weighted by Crippen LogP contribution is -2.09. The van der Waals surface area contributed by atoms with Gasteiger partial charge in [-0.15, -0.1) is 0 Å². The molecule has 8 heteroatoms. The number of alkyl halides is 3. The van der Waals surface area contributed by atoms with Crippen molar-refractivity contribution < 1.29 is 13.2 Å². The van der Waals surface area contributed by atoms with Crippen molar-refractivity contribution >= 4 is 43.6 Å². The number of aromatic nitrogens is 5. The third kappa shape index (κ3) is 7.76. The van der Waals surface area contributed by atoms with E-state index < -0.39 is 11.7 Å². The van der Waals surface area contributed by atoms with Crippen molar-refractivity contribution in [2.75, 3.05) is 0 Å². The van der Waals surface area contributed by atoms with Gasteiger partial charge in [0.2, 0.25) is 0 Å². The average molecular weight is 958 g/mol. The van der Waals surface area contributed by atoms with E-state index >= 15 is 13.2 Å². The molecule has 0 atom stereocenters. The second-order valence-electron chi connectivity index (χ2n) is 19.6. The third-order valence-corrected chi connectivity index (χ3v) is 14.4. The highest BCUT2D eigenvalue weighted by atomic mass is 19.4. The van der Waals surface area contributed by atoms with Crippen LogP contribution in [0.25, 0.3) is 111 Å². The average Bonchev–Trinajstić information content (AvgIpc) is 3.87. The van der Waals surface area contributed by atoms with Gasteiger partial charge in [-0.05, 0) is 160 Å². The number of fused-ring (bicyclic) bond motifs is 6. The van der Waals surface area contributed by atoms with E-state index in [2.05, 4.69) is 154 Å². The zero-order valence-corrected chi connectivity index (χ0v) is 41.6. The van der Waals surface area contributed by atoms with E-state index in [9.17, 15) is 0 Å². The van der Waals surface area contributed by atoms with Crippen LogP contribution in [0.4, 0.5) is 13.2 Å². The molecule has 0 N–H and O–H groups in total. The molecule has 0 aliphatic heterocycles. The van der Waals surface area contributed by atoms with Gasteiger partial charge in [-0.2, -0.15) is 13.2 Å². The van der Waals surface area contributed by atoms with Gasteiger partial charge >= 0.3 is 6.18 Å². The number of halogens is 3. The first-order valence-corrected chi connectivity index (χ1v) is 24.6. The Bertz CT molecular complexity index is 4170. The standard InChI is InChI=1S/C65H50F3N5/c1-37-21-25-58(72-54-19-13-11-17-48(54)50-34-45(22-26-56(50)72)60-40(4)29-38(2)30-41(60)5)52(33-37)63-69-62(44-15-9-8-10-16-44)70-64(71-63)53-36-47(65(66,67)68)24-28-59(53)73-55-20-14-12-18-49(55)51-35-46(23-27-57(51)73)61-42(6)31-39(3)32-43(61)7/h8-36H,1-7H3. The number of benzene rings is 9. The lowest BCUT2D eigenvalue weighted by atomic mass is 9.93. The molecule has 0 unspecified atom stereocenters. The molecule has 0 spiro atoms. The fourth-order valence-corrected chi connectivity index (χ4v) is 11.5. The molecule has 0 saturated heterocycles. The molecule has 356 valence electrons. The lowest BCUT2D eigenvalue weighted by Gasteiger charge is -2.18. The normalized spacial score (nSPS) is 12.0. The van der Waals surface area contributed by atoms with Crippen molar-refractivity contribution in [2.24, 2.45) is 0 Å². The van der Waals surface area contributed by atoms with Crippen LogP contribution < -0.4 is 0 Å². The van der Waals surface area contributed by atoms with Crippen LogP contribution in [0.15, 0.2) is 176 Å². The Morgan fingerprint density at radius 2 is 0.767 bits per heavy atom. The summed E-state index contributed by atoms with van der Waals surface area (Å²) in [5.41, 5.74) is 18.6. The van der Waals surface area contributed by atoms with E-state index in [0.717, 1.165) is 72.1 Å². The van der Waals surface area contributed by atoms with Gasteiger partial charge in [-0.25, -0.2) is 15.0 Å². The topological polar surface area (TPSA) is 48.5 Å². The number of aryl methyl sites for hydroxylation is 7. The first-order chi connectivity index (χ1) is 35.2. The Balaban J connectivity index is 1.11. The van der Waals surface area contributed by atoms with Crippen LogP contribution >= 0.6 is 0 Å². The minimum Gasteiger partial charge on any atom is -0.309 e. The highest BCUT2D eigenvalue weighted by Crippen LogP contribution is 2.43. The van der Waals surface area contributed by atoms with E-state index in [1.54, 1.807) is 6.07 Å². The van der Waals surface area contributed by atoms with Crippen LogP contribution in [0.2, 0.25) is 0 Å². The minimum absolute atomic E-state index is 0.113. The summed E-state index contributed by atoms with van der Waals surface area (Å²) in [6.07, 6.45) is -4.65. The fourth-order valence-electron chi connectivity index (χ4n) is 11.5. The molecule has 73 heavy (non-hydrogen) atoms. The molecule has 9 aromatic carbocycles. The molecule has 0 aliphatic rings. The summed E-state index contributed by atoms with van der Waals surface area (Å²) in [6.45, 7) is 14.9. The van der Waals surface area contributed by atoms with E-state index in [0.29, 0.717) is 28.5 Å². The minimum atomic E-state index is -4.65. The number of hydrogen-bond donors (Lipinski definition) is 0. The van der Waals surface area contributed by atoms with Crippen molar-refractivity contribution in [1.29, 1.82) is 0 Å². The van der Waals surface area contributed by atoms with Gasteiger partial charge in [0.1, 0.15) is 0 Å². The summed E-state index contributed by atoms with van der Waals surface area (Å²) in [5, 5.41) is 4.13. The van der Waals surface area contributed by atoms with Gasteiger partial charge < -0.3 is 9.13 Å². The maximum Gasteiger partial charge on any atom is 0.416 e. The molecule has 0 radical (unpaired) electrons. The predicted octanol–water partition coefficient (Wildman–Crippen LogP) is 17.6. The molecule has 0 bridgehead atoms. The maximum atomic E-state index is 15.1. The molecular formula is C65H50F3N5. The van der Waals surface area contributed by atoms with E-state index in [1.165, 1.54) is 50.6 Å². The molecule has 3 heterocycles. The van der Waals surface area contributed by atoms with Crippen molar-refractivity contribution in [1.82, 2.24) is 24.1 Å². The predicted molar refractivity (Wildman–Crippen MR) is 294 cm³/mol. The van der Waals surface area contributed by atoms with Gasteiger partial charge in [0.05, 0.1) is 39.0 Å². The molecule has 12 aromatic rings. The zero-order chi connectivity index (χ0) is 50.4. The molecular weight excluding hydrogens is 908 g/mol. The summed E-state index contributed by atoms with van der Waals surface area (Å²) >= 11 is 0. The zero-order valence-electron chi connectivity index (χ0n) is 41.6. The van der Waals surface area contributed by atoms with Crippen LogP contribution in [-0.4, -0.2) is 24.1 Å². The Labute approximate surface area is 421 Å². The Morgan fingerprint density at radius 1 is 0.342 bits per heavy atom. The molecule has 12 rings (SSSR count). The van der Waals surface area contributed by atoms with Gasteiger partial charge in [0.25, 0.3) is 0 Å². The summed E-state index contributed by atoms with van der Waals surface area (Å²) in [6, 6.07) is 58.1. The highest BCUT2D eigenvalue weighted by Gasteiger charge is 2.33. The monoisotopic (exact) mass is 957 g/mol. The van der Waals surface area contributed by atoms with Gasteiger partial charge in [-0.1, -0.05) is 126 Å². The molecule has 0 amide bonds. The smallest absolute Gasteiger partial charge is 0.309 e. The molecule has 0 saturated carbocycles. The van der Waals surface area contributed by atoms with Crippen molar-refractivity contribution in [3.05, 3.63) is 220 Å². The molecule has 0 fully saturated rings. The van der Waals surface area contributed by atoms with E-state index in [-0.39, 0.29) is 11.4 Å². The van der Waals surface area contributed by atoms with E-state index in [4.69, 9.17) is 15.0 Å². The highest BCUT2D eigenvalue weighted by molar-refractivity contribution is 6.12. The van der Waals surface area contributed by atoms with Crippen molar-refractivity contribution in [2.45, 2.75) is 54.6 Å². The first-order valence-electron chi connectivity index (χ1n) is 24.6. The lowest BCUT2D eigenvalue weighted by molar-refractivity contribution is -0.137. The summed E-state index contributed by atoms with van der Waals surface area (Å²) in [5.74, 6) is 0.777. The largest absolute Gasteiger partial charge is 0.416 e. The second-order valence-corrected chi connectivity index (χ2v) is 19.6. The number of hydrogen-bond acceptors (Lipinski definition) is 3. The second kappa shape index (κ2) is 17.3. The van der Waals surface area contributed by atoms with Crippen LogP contribution in [-0.2, 0) is 6.18 Å². The summed E-state index contributed by atoms with van der Waals surface area (Å²) in [4.78, 5) is 15.6. The number of para-hydroxylation sites is 2. The maximum absolute atomic E-state index is 15.1. The SMILES string of the molecule is Cc1cc(C)c(-c2ccc3c(c2)c2ccccc2n3-c2ccc(C)cc2-c2nc(-c3ccccc3)nc(-c3cc(C(F)(F)F)ccc3-n3c4ccccc4c4cc(-c5c(C)cc(C)cc5C)ccc43)n2)c(C)c1. The quantitative estimate of drug-likeness (QED) is 0.160. The van der Waals surface area contributed by atoms with E-state index in [1.807, 2.05) is 61.5 Å². The Kier molecular flexibility index (Phi) is 10.8. The van der Waals surface area contributed by atoms with Gasteiger partial charge in [0, 0.05) is 38.2 Å². The fraction of sp³-hybridized carbons (Fsp3) is 0.123. The van der Waals surface area contributed by atoms with Crippen molar-refractivity contribution in [3.8, 4) is 67.8 Å². The molecule has 0 aliphatic carbocycles. The Hall–Kier alpha value is -8.62. The van der Waals surface area contributed by atoms with Gasteiger partial charge in [0.15, 0.2) is 17.5 Å². The third-order valence-electron chi connectivity index (χ3n) is 14.4. The first kappa shape index (κ1) is 45.5. The van der Waals surface area contributed by atoms with Crippen molar-refractivity contribution in [3.63, 3.8) is 0 Å². The van der Waals surface area contributed by atoms with Crippen LogP contribution in [0.1, 0.15) is 44.5 Å².